The lowest BCUT2D eigenvalue weighted by Crippen LogP contribution is -2.21. The maximum Gasteiger partial charge on any atom is 0.311 e. The third kappa shape index (κ3) is 3.61. The van der Waals surface area contributed by atoms with Crippen LogP contribution in [0.5, 0.6) is 11.5 Å². The fourth-order valence-corrected chi connectivity index (χ4v) is 1.73. The molecule has 106 valence electrons. The average molecular weight is 268 g/mol. The molecule has 2 unspecified atom stereocenters. The standard InChI is InChI=1S/C14H20O5/c1-5-19-14(16)9(2)13(15)10-6-7-11(17-3)12(8-10)18-4/h6-9,13,15H,5H2,1-4H3. The molecule has 0 bridgehead atoms. The van der Waals surface area contributed by atoms with Crippen molar-refractivity contribution in [1.29, 1.82) is 0 Å². The largest absolute Gasteiger partial charge is 0.493 e. The summed E-state index contributed by atoms with van der Waals surface area (Å²) in [4.78, 5) is 11.6. The quantitative estimate of drug-likeness (QED) is 0.799. The summed E-state index contributed by atoms with van der Waals surface area (Å²) >= 11 is 0. The van der Waals surface area contributed by atoms with Gasteiger partial charge in [0.15, 0.2) is 11.5 Å². The second kappa shape index (κ2) is 6.99. The van der Waals surface area contributed by atoms with Crippen LogP contribution in [-0.4, -0.2) is 31.9 Å². The van der Waals surface area contributed by atoms with Crippen LogP contribution in [0.4, 0.5) is 0 Å². The number of ether oxygens (including phenoxy) is 3. The predicted molar refractivity (Wildman–Crippen MR) is 70.3 cm³/mol. The fourth-order valence-electron chi connectivity index (χ4n) is 1.73. The lowest BCUT2D eigenvalue weighted by Gasteiger charge is -2.19. The van der Waals surface area contributed by atoms with Gasteiger partial charge in [0, 0.05) is 0 Å². The van der Waals surface area contributed by atoms with E-state index in [-0.39, 0.29) is 0 Å². The number of methoxy groups -OCH3 is 2. The van der Waals surface area contributed by atoms with Gasteiger partial charge in [0.1, 0.15) is 0 Å². The molecular weight excluding hydrogens is 248 g/mol. The molecular formula is C14H20O5. The molecule has 0 aliphatic heterocycles. The summed E-state index contributed by atoms with van der Waals surface area (Å²) < 4.78 is 15.2. The fraction of sp³-hybridized carbons (Fsp3) is 0.500. The Kier molecular flexibility index (Phi) is 5.63. The number of esters is 1. The normalized spacial score (nSPS) is 13.5. The molecule has 0 aliphatic carbocycles. The van der Waals surface area contributed by atoms with Gasteiger partial charge in [0.2, 0.25) is 0 Å². The van der Waals surface area contributed by atoms with Crippen molar-refractivity contribution in [3.05, 3.63) is 23.8 Å². The zero-order chi connectivity index (χ0) is 14.4. The Balaban J connectivity index is 2.93. The van der Waals surface area contributed by atoms with Crippen LogP contribution in [0.15, 0.2) is 18.2 Å². The smallest absolute Gasteiger partial charge is 0.311 e. The molecule has 0 saturated carbocycles. The van der Waals surface area contributed by atoms with Gasteiger partial charge in [-0.1, -0.05) is 6.07 Å². The topological polar surface area (TPSA) is 65.0 Å². The summed E-state index contributed by atoms with van der Waals surface area (Å²) in [6, 6.07) is 5.04. The van der Waals surface area contributed by atoms with Crippen molar-refractivity contribution in [2.24, 2.45) is 5.92 Å². The molecule has 0 radical (unpaired) electrons. The Morgan fingerprint density at radius 3 is 2.42 bits per heavy atom. The molecule has 0 aliphatic rings. The third-order valence-electron chi connectivity index (χ3n) is 2.88. The minimum Gasteiger partial charge on any atom is -0.493 e. The van der Waals surface area contributed by atoms with Crippen molar-refractivity contribution in [2.75, 3.05) is 20.8 Å². The van der Waals surface area contributed by atoms with Gasteiger partial charge in [0.25, 0.3) is 0 Å². The molecule has 0 aromatic heterocycles. The first-order valence-electron chi connectivity index (χ1n) is 6.11. The summed E-state index contributed by atoms with van der Waals surface area (Å²) in [7, 11) is 3.05. The molecule has 0 spiro atoms. The average Bonchev–Trinajstić information content (AvgIpc) is 2.45. The molecule has 0 amide bonds. The van der Waals surface area contributed by atoms with Crippen molar-refractivity contribution in [3.63, 3.8) is 0 Å². The maximum absolute atomic E-state index is 11.6. The van der Waals surface area contributed by atoms with Crippen molar-refractivity contribution in [1.82, 2.24) is 0 Å². The lowest BCUT2D eigenvalue weighted by atomic mass is 9.97. The molecule has 1 aromatic rings. The van der Waals surface area contributed by atoms with E-state index < -0.39 is 18.0 Å². The van der Waals surface area contributed by atoms with E-state index in [9.17, 15) is 9.90 Å². The molecule has 1 rings (SSSR count). The van der Waals surface area contributed by atoms with E-state index in [4.69, 9.17) is 14.2 Å². The monoisotopic (exact) mass is 268 g/mol. The van der Waals surface area contributed by atoms with E-state index in [0.29, 0.717) is 23.7 Å². The minimum atomic E-state index is -0.946. The van der Waals surface area contributed by atoms with Gasteiger partial charge in [-0.25, -0.2) is 0 Å². The first kappa shape index (κ1) is 15.3. The SMILES string of the molecule is CCOC(=O)C(C)C(O)c1ccc(OC)c(OC)c1. The molecule has 2 atom stereocenters. The minimum absolute atomic E-state index is 0.293. The van der Waals surface area contributed by atoms with E-state index in [1.54, 1.807) is 32.0 Å². The van der Waals surface area contributed by atoms with Crippen molar-refractivity contribution < 1.29 is 24.1 Å². The van der Waals surface area contributed by atoms with Gasteiger partial charge < -0.3 is 19.3 Å². The second-order valence-corrected chi connectivity index (χ2v) is 4.10. The highest BCUT2D eigenvalue weighted by atomic mass is 16.5. The zero-order valence-corrected chi connectivity index (χ0v) is 11.7. The van der Waals surface area contributed by atoms with Crippen LogP contribution in [0, 0.1) is 5.92 Å². The molecule has 0 saturated heterocycles. The highest BCUT2D eigenvalue weighted by Gasteiger charge is 2.25. The molecule has 0 heterocycles. The van der Waals surface area contributed by atoms with Gasteiger partial charge in [-0.3, -0.25) is 4.79 Å². The maximum atomic E-state index is 11.6. The van der Waals surface area contributed by atoms with Crippen molar-refractivity contribution in [3.8, 4) is 11.5 Å². The highest BCUT2D eigenvalue weighted by molar-refractivity contribution is 5.73. The van der Waals surface area contributed by atoms with Crippen molar-refractivity contribution >= 4 is 5.97 Å². The highest BCUT2D eigenvalue weighted by Crippen LogP contribution is 2.32. The Hall–Kier alpha value is -1.75. The van der Waals surface area contributed by atoms with Gasteiger partial charge in [-0.05, 0) is 31.5 Å². The van der Waals surface area contributed by atoms with Gasteiger partial charge in [-0.15, -0.1) is 0 Å². The van der Waals surface area contributed by atoms with E-state index in [2.05, 4.69) is 0 Å². The Morgan fingerprint density at radius 2 is 1.89 bits per heavy atom. The van der Waals surface area contributed by atoms with Gasteiger partial charge in [0.05, 0.1) is 32.8 Å². The Labute approximate surface area is 113 Å². The first-order valence-corrected chi connectivity index (χ1v) is 6.11. The number of hydrogen-bond donors (Lipinski definition) is 1. The number of carbonyl (C=O) groups excluding carboxylic acids is 1. The second-order valence-electron chi connectivity index (χ2n) is 4.10. The van der Waals surface area contributed by atoms with Crippen LogP contribution in [-0.2, 0) is 9.53 Å². The molecule has 1 aromatic carbocycles. The molecule has 19 heavy (non-hydrogen) atoms. The first-order chi connectivity index (χ1) is 9.04. The lowest BCUT2D eigenvalue weighted by molar-refractivity contribution is -0.151. The number of aliphatic hydroxyl groups excluding tert-OH is 1. The zero-order valence-electron chi connectivity index (χ0n) is 11.7. The summed E-state index contributed by atoms with van der Waals surface area (Å²) in [5.74, 6) is 0.0141. The molecule has 1 N–H and O–H groups in total. The summed E-state index contributed by atoms with van der Waals surface area (Å²) in [5, 5.41) is 10.2. The Bertz CT molecular complexity index is 430. The van der Waals surface area contributed by atoms with Crippen LogP contribution >= 0.6 is 0 Å². The van der Waals surface area contributed by atoms with Crippen LogP contribution < -0.4 is 9.47 Å². The number of carbonyl (C=O) groups is 1. The van der Waals surface area contributed by atoms with E-state index >= 15 is 0 Å². The summed E-state index contributed by atoms with van der Waals surface area (Å²) in [5.41, 5.74) is 0.582. The molecule has 0 fully saturated rings. The van der Waals surface area contributed by atoms with E-state index in [1.165, 1.54) is 14.2 Å². The predicted octanol–water partition coefficient (Wildman–Crippen LogP) is 1.94. The van der Waals surface area contributed by atoms with E-state index in [1.807, 2.05) is 0 Å². The summed E-state index contributed by atoms with van der Waals surface area (Å²) in [6.45, 7) is 3.65. The third-order valence-corrected chi connectivity index (χ3v) is 2.88. The van der Waals surface area contributed by atoms with Crippen LogP contribution in [0.3, 0.4) is 0 Å². The number of aliphatic hydroxyl groups is 1. The number of hydrogen-bond acceptors (Lipinski definition) is 5. The van der Waals surface area contributed by atoms with Crippen LogP contribution in [0.25, 0.3) is 0 Å². The van der Waals surface area contributed by atoms with Crippen LogP contribution in [0.1, 0.15) is 25.5 Å². The molecule has 5 nitrogen and oxygen atoms in total. The molecule has 5 heteroatoms. The van der Waals surface area contributed by atoms with E-state index in [0.717, 1.165) is 0 Å². The number of rotatable bonds is 6. The van der Waals surface area contributed by atoms with Crippen LogP contribution in [0.2, 0.25) is 0 Å². The summed E-state index contributed by atoms with van der Waals surface area (Å²) in [6.07, 6.45) is -0.946. The van der Waals surface area contributed by atoms with Crippen molar-refractivity contribution in [2.45, 2.75) is 20.0 Å². The number of benzene rings is 1. The van der Waals surface area contributed by atoms with Gasteiger partial charge >= 0.3 is 5.97 Å². The van der Waals surface area contributed by atoms with Gasteiger partial charge in [-0.2, -0.15) is 0 Å². The Morgan fingerprint density at radius 1 is 1.26 bits per heavy atom.